The van der Waals surface area contributed by atoms with Crippen molar-refractivity contribution < 1.29 is 49.3 Å². The molecule has 12 heteroatoms. The zero-order valence-electron chi connectivity index (χ0n) is 21.0. The second-order valence-electron chi connectivity index (χ2n) is 8.99. The SMILES string of the molecule is C=C(OCC(O)CNCCOc1ccccc1O[C@@H]1O[C@H](C(=O)O)[C@@H](O)[C@H](O)[C@H]1O)c1c[nH]c2ccccc12. The number of fused-ring (bicyclic) bond motifs is 1. The van der Waals surface area contributed by atoms with Gasteiger partial charge in [0.05, 0.1) is 0 Å². The van der Waals surface area contributed by atoms with Crippen LogP contribution in [0.3, 0.4) is 0 Å². The molecule has 39 heavy (non-hydrogen) atoms. The van der Waals surface area contributed by atoms with Crippen LogP contribution in [0.1, 0.15) is 5.56 Å². The summed E-state index contributed by atoms with van der Waals surface area (Å²) in [6.07, 6.45) is -7.60. The van der Waals surface area contributed by atoms with E-state index in [-0.39, 0.29) is 31.3 Å². The van der Waals surface area contributed by atoms with E-state index in [0.29, 0.717) is 12.3 Å². The first kappa shape index (κ1) is 28.4. The molecule has 7 N–H and O–H groups in total. The van der Waals surface area contributed by atoms with E-state index in [0.717, 1.165) is 16.5 Å². The Bertz CT molecular complexity index is 1260. The summed E-state index contributed by atoms with van der Waals surface area (Å²) in [6, 6.07) is 14.2. The summed E-state index contributed by atoms with van der Waals surface area (Å²) in [5.41, 5.74) is 1.80. The maximum absolute atomic E-state index is 11.3. The number of aromatic amines is 1. The largest absolute Gasteiger partial charge is 0.491 e. The van der Waals surface area contributed by atoms with E-state index in [4.69, 9.17) is 18.9 Å². The van der Waals surface area contributed by atoms with Crippen LogP contribution in [-0.2, 0) is 14.3 Å². The van der Waals surface area contributed by atoms with Crippen LogP contribution in [0.25, 0.3) is 16.7 Å². The summed E-state index contributed by atoms with van der Waals surface area (Å²) in [5, 5.41) is 53.5. The highest BCUT2D eigenvalue weighted by atomic mass is 16.7. The van der Waals surface area contributed by atoms with Gasteiger partial charge >= 0.3 is 5.97 Å². The third kappa shape index (κ3) is 6.87. The third-order valence-electron chi connectivity index (χ3n) is 6.16. The van der Waals surface area contributed by atoms with Crippen LogP contribution in [0, 0.1) is 0 Å². The summed E-state index contributed by atoms with van der Waals surface area (Å²) in [6.45, 7) is 4.78. The second kappa shape index (κ2) is 12.9. The molecule has 4 rings (SSSR count). The number of aliphatic hydroxyl groups excluding tert-OH is 4. The summed E-state index contributed by atoms with van der Waals surface area (Å²) < 4.78 is 22.1. The van der Waals surface area contributed by atoms with Crippen LogP contribution < -0.4 is 14.8 Å². The van der Waals surface area contributed by atoms with Gasteiger partial charge in [0.2, 0.25) is 6.29 Å². The van der Waals surface area contributed by atoms with E-state index in [2.05, 4.69) is 16.9 Å². The lowest BCUT2D eigenvalue weighted by Gasteiger charge is -2.38. The smallest absolute Gasteiger partial charge is 0.335 e. The summed E-state index contributed by atoms with van der Waals surface area (Å²) in [4.78, 5) is 14.5. The lowest BCUT2D eigenvalue weighted by molar-refractivity contribution is -0.271. The topological polar surface area (TPSA) is 183 Å². The molecule has 0 amide bonds. The van der Waals surface area contributed by atoms with Crippen LogP contribution in [0.5, 0.6) is 11.5 Å². The van der Waals surface area contributed by atoms with Crippen LogP contribution >= 0.6 is 0 Å². The number of H-pyrrole nitrogens is 1. The third-order valence-corrected chi connectivity index (χ3v) is 6.16. The van der Waals surface area contributed by atoms with Gasteiger partial charge in [0.25, 0.3) is 0 Å². The molecular formula is C27H32N2O10. The number of aliphatic carboxylic acids is 1. The number of carboxylic acid groups (broad SMARTS) is 1. The van der Waals surface area contributed by atoms with Crippen molar-refractivity contribution in [3.8, 4) is 11.5 Å². The molecule has 1 aliphatic heterocycles. The average Bonchev–Trinajstić information content (AvgIpc) is 3.37. The average molecular weight is 545 g/mol. The monoisotopic (exact) mass is 544 g/mol. The molecule has 0 radical (unpaired) electrons. The maximum Gasteiger partial charge on any atom is 0.335 e. The van der Waals surface area contributed by atoms with Crippen LogP contribution in [0.15, 0.2) is 61.3 Å². The number of aliphatic hydroxyl groups is 4. The minimum Gasteiger partial charge on any atom is -0.491 e. The van der Waals surface area contributed by atoms with E-state index in [1.807, 2.05) is 30.5 Å². The molecular weight excluding hydrogens is 512 g/mol. The molecule has 0 aliphatic carbocycles. The minimum absolute atomic E-state index is 0.0461. The van der Waals surface area contributed by atoms with Gasteiger partial charge in [-0.15, -0.1) is 0 Å². The molecule has 1 aromatic heterocycles. The summed E-state index contributed by atoms with van der Waals surface area (Å²) in [5.74, 6) is -0.636. The number of carboxylic acids is 1. The van der Waals surface area contributed by atoms with Crippen molar-refractivity contribution in [1.29, 1.82) is 0 Å². The Kier molecular flexibility index (Phi) is 9.41. The van der Waals surface area contributed by atoms with E-state index in [1.54, 1.807) is 18.2 Å². The molecule has 1 unspecified atom stereocenters. The molecule has 0 bridgehead atoms. The fourth-order valence-corrected chi connectivity index (χ4v) is 4.08. The highest BCUT2D eigenvalue weighted by molar-refractivity contribution is 5.90. The normalized spacial score (nSPS) is 23.7. The van der Waals surface area contributed by atoms with Crippen molar-refractivity contribution in [3.63, 3.8) is 0 Å². The van der Waals surface area contributed by atoms with Crippen molar-refractivity contribution in [2.24, 2.45) is 0 Å². The lowest BCUT2D eigenvalue weighted by atomic mass is 9.99. The Morgan fingerprint density at radius 2 is 1.77 bits per heavy atom. The lowest BCUT2D eigenvalue weighted by Crippen LogP contribution is -2.61. The first-order valence-electron chi connectivity index (χ1n) is 12.3. The molecule has 0 spiro atoms. The van der Waals surface area contributed by atoms with Crippen LogP contribution in [0.4, 0.5) is 0 Å². The van der Waals surface area contributed by atoms with Gasteiger partial charge in [-0.3, -0.25) is 0 Å². The fourth-order valence-electron chi connectivity index (χ4n) is 4.08. The fraction of sp³-hybridized carbons (Fsp3) is 0.370. The number of ether oxygens (including phenoxy) is 4. The Hall–Kier alpha value is -3.65. The summed E-state index contributed by atoms with van der Waals surface area (Å²) in [7, 11) is 0. The number of hydrogen-bond acceptors (Lipinski definition) is 10. The molecule has 2 aromatic carbocycles. The zero-order valence-corrected chi connectivity index (χ0v) is 21.0. The van der Waals surface area contributed by atoms with Gasteiger partial charge in [-0.05, 0) is 18.2 Å². The van der Waals surface area contributed by atoms with E-state index >= 15 is 0 Å². The number of aromatic nitrogens is 1. The molecule has 1 fully saturated rings. The zero-order chi connectivity index (χ0) is 27.9. The molecule has 3 aromatic rings. The molecule has 1 saturated heterocycles. The van der Waals surface area contributed by atoms with Gasteiger partial charge in [0.15, 0.2) is 17.6 Å². The quantitative estimate of drug-likeness (QED) is 0.117. The van der Waals surface area contributed by atoms with Gasteiger partial charge < -0.3 is 54.8 Å². The predicted molar refractivity (Wildman–Crippen MR) is 139 cm³/mol. The van der Waals surface area contributed by atoms with Crippen molar-refractivity contribution in [3.05, 3.63) is 66.9 Å². The van der Waals surface area contributed by atoms with Crippen molar-refractivity contribution in [1.82, 2.24) is 10.3 Å². The maximum atomic E-state index is 11.3. The standard InChI is InChI=1S/C27H32N2O10/c1-15(18-13-29-19-7-3-2-6-17(18)19)37-14-16(30)12-28-10-11-36-20-8-4-5-9-21(20)38-27-24(33)22(31)23(32)25(39-27)26(34)35/h2-9,13,16,22-25,27-33H,1,10-12,14H2,(H,34,35)/t16?,22-,23-,24+,25-,27+/m0/s1. The number of hydrogen-bond donors (Lipinski definition) is 7. The number of nitrogens with one attached hydrogen (secondary N) is 2. The van der Waals surface area contributed by atoms with Gasteiger partial charge in [-0.1, -0.05) is 36.9 Å². The molecule has 6 atom stereocenters. The van der Waals surface area contributed by atoms with Crippen LogP contribution in [-0.4, -0.2) is 99.6 Å². The van der Waals surface area contributed by atoms with Gasteiger partial charge in [-0.2, -0.15) is 0 Å². The number of rotatable bonds is 13. The van der Waals surface area contributed by atoms with Crippen molar-refractivity contribution >= 4 is 22.6 Å². The van der Waals surface area contributed by atoms with Gasteiger partial charge in [0.1, 0.15) is 43.4 Å². The Labute approximate surface area is 224 Å². The van der Waals surface area contributed by atoms with Crippen molar-refractivity contribution in [2.45, 2.75) is 36.8 Å². The Morgan fingerprint density at radius 1 is 1.05 bits per heavy atom. The Balaban J connectivity index is 1.20. The van der Waals surface area contributed by atoms with Gasteiger partial charge in [-0.25, -0.2) is 4.79 Å². The highest BCUT2D eigenvalue weighted by Crippen LogP contribution is 2.31. The van der Waals surface area contributed by atoms with E-state index in [9.17, 15) is 30.3 Å². The molecule has 2 heterocycles. The molecule has 0 saturated carbocycles. The van der Waals surface area contributed by atoms with Crippen molar-refractivity contribution in [2.75, 3.05) is 26.3 Å². The molecule has 210 valence electrons. The van der Waals surface area contributed by atoms with Crippen LogP contribution in [0.2, 0.25) is 0 Å². The summed E-state index contributed by atoms with van der Waals surface area (Å²) >= 11 is 0. The first-order valence-corrected chi connectivity index (χ1v) is 12.3. The predicted octanol–water partition coefficient (Wildman–Crippen LogP) is 0.456. The second-order valence-corrected chi connectivity index (χ2v) is 8.99. The van der Waals surface area contributed by atoms with E-state index in [1.165, 1.54) is 6.07 Å². The first-order chi connectivity index (χ1) is 18.8. The number of para-hydroxylation sites is 3. The van der Waals surface area contributed by atoms with Gasteiger partial charge in [0, 0.05) is 35.8 Å². The van der Waals surface area contributed by atoms with E-state index < -0.39 is 42.8 Å². The number of carbonyl (C=O) groups is 1. The highest BCUT2D eigenvalue weighted by Gasteiger charge is 2.48. The Morgan fingerprint density at radius 3 is 2.54 bits per heavy atom. The number of benzene rings is 2. The molecule has 1 aliphatic rings. The minimum atomic E-state index is -1.82. The molecule has 12 nitrogen and oxygen atoms in total.